The molecule has 94 valence electrons. The van der Waals surface area contributed by atoms with Crippen molar-refractivity contribution in [2.45, 2.75) is 39.4 Å². The van der Waals surface area contributed by atoms with Gasteiger partial charge in [0.25, 0.3) is 0 Å². The molecule has 1 atom stereocenters. The molecule has 4 nitrogen and oxygen atoms in total. The van der Waals surface area contributed by atoms with Crippen LogP contribution in [0.3, 0.4) is 0 Å². The third-order valence-electron chi connectivity index (χ3n) is 2.04. The molecule has 0 aliphatic carbocycles. The molecular formula is C9H14F3NO3. The Hall–Kier alpha value is -1.27. The predicted molar refractivity (Wildman–Crippen MR) is 49.7 cm³/mol. The van der Waals surface area contributed by atoms with Crippen LogP contribution < -0.4 is 5.32 Å². The molecule has 0 bridgehead atoms. The number of carbonyl (C=O) groups excluding carboxylic acids is 1. The van der Waals surface area contributed by atoms with Crippen molar-refractivity contribution in [1.29, 1.82) is 0 Å². The van der Waals surface area contributed by atoms with Gasteiger partial charge in [-0.15, -0.1) is 0 Å². The highest BCUT2D eigenvalue weighted by Gasteiger charge is 2.59. The van der Waals surface area contributed by atoms with Gasteiger partial charge in [-0.1, -0.05) is 20.8 Å². The number of carboxylic acids is 1. The molecule has 0 aromatic rings. The number of alkyl halides is 3. The molecule has 0 aliphatic heterocycles. The van der Waals surface area contributed by atoms with Crippen molar-refractivity contribution >= 4 is 11.9 Å². The van der Waals surface area contributed by atoms with Crippen LogP contribution in [0.15, 0.2) is 0 Å². The van der Waals surface area contributed by atoms with E-state index in [-0.39, 0.29) is 0 Å². The van der Waals surface area contributed by atoms with Gasteiger partial charge in [-0.25, -0.2) is 4.79 Å². The van der Waals surface area contributed by atoms with E-state index in [1.54, 1.807) is 0 Å². The summed E-state index contributed by atoms with van der Waals surface area (Å²) in [6.45, 7) is 4.59. The minimum Gasteiger partial charge on any atom is -0.479 e. The lowest BCUT2D eigenvalue weighted by atomic mass is 9.92. The second-order valence-electron chi connectivity index (χ2n) is 4.63. The van der Waals surface area contributed by atoms with Gasteiger partial charge in [0, 0.05) is 5.41 Å². The Morgan fingerprint density at radius 1 is 1.06 bits per heavy atom. The summed E-state index contributed by atoms with van der Waals surface area (Å²) < 4.78 is 37.5. The molecule has 0 aromatic heterocycles. The molecule has 0 spiro atoms. The van der Waals surface area contributed by atoms with Crippen LogP contribution in [0.25, 0.3) is 0 Å². The van der Waals surface area contributed by atoms with E-state index in [1.165, 1.54) is 26.1 Å². The molecule has 2 N–H and O–H groups in total. The van der Waals surface area contributed by atoms with Gasteiger partial charge in [0.1, 0.15) is 0 Å². The van der Waals surface area contributed by atoms with Crippen LogP contribution in [0, 0.1) is 5.41 Å². The number of nitrogens with one attached hydrogen (secondary N) is 1. The van der Waals surface area contributed by atoms with Crippen LogP contribution in [-0.4, -0.2) is 28.7 Å². The first-order chi connectivity index (χ1) is 6.82. The number of amides is 1. The molecule has 1 unspecified atom stereocenters. The fourth-order valence-electron chi connectivity index (χ4n) is 0.660. The Morgan fingerprint density at radius 3 is 1.62 bits per heavy atom. The SMILES string of the molecule is CC(C)(C)C(=O)NC(C)(C(=O)O)C(F)(F)F. The number of hydrogen-bond donors (Lipinski definition) is 2. The van der Waals surface area contributed by atoms with Crippen molar-refractivity contribution in [3.8, 4) is 0 Å². The first kappa shape index (κ1) is 14.7. The molecule has 1 amide bonds. The number of halogens is 3. The number of carbonyl (C=O) groups is 2. The Labute approximate surface area is 90.8 Å². The minimum atomic E-state index is -5.06. The summed E-state index contributed by atoms with van der Waals surface area (Å²) in [6, 6.07) is 0. The Bertz CT molecular complexity index is 306. The van der Waals surface area contributed by atoms with Crippen molar-refractivity contribution in [3.05, 3.63) is 0 Å². The summed E-state index contributed by atoms with van der Waals surface area (Å²) in [4.78, 5) is 22.0. The highest BCUT2D eigenvalue weighted by Crippen LogP contribution is 2.31. The number of carboxylic acid groups (broad SMARTS) is 1. The van der Waals surface area contributed by atoms with E-state index >= 15 is 0 Å². The predicted octanol–water partition coefficient (Wildman–Crippen LogP) is 1.55. The third kappa shape index (κ3) is 2.86. The van der Waals surface area contributed by atoms with Gasteiger partial charge >= 0.3 is 12.1 Å². The van der Waals surface area contributed by atoms with E-state index in [0.29, 0.717) is 6.92 Å². The average Bonchev–Trinajstić information content (AvgIpc) is 1.99. The molecule has 0 saturated heterocycles. The maximum Gasteiger partial charge on any atom is 0.422 e. The van der Waals surface area contributed by atoms with Crippen molar-refractivity contribution in [1.82, 2.24) is 5.32 Å². The normalized spacial score (nSPS) is 16.4. The number of rotatable bonds is 2. The van der Waals surface area contributed by atoms with Crippen LogP contribution in [-0.2, 0) is 9.59 Å². The van der Waals surface area contributed by atoms with E-state index in [4.69, 9.17) is 5.11 Å². The number of hydrogen-bond acceptors (Lipinski definition) is 2. The lowest BCUT2D eigenvalue weighted by molar-refractivity contribution is -0.207. The van der Waals surface area contributed by atoms with Crippen LogP contribution in [0.1, 0.15) is 27.7 Å². The maximum absolute atomic E-state index is 12.5. The lowest BCUT2D eigenvalue weighted by Crippen LogP contribution is -2.63. The van der Waals surface area contributed by atoms with Gasteiger partial charge in [0.2, 0.25) is 11.4 Å². The fraction of sp³-hybridized carbons (Fsp3) is 0.778. The fourth-order valence-corrected chi connectivity index (χ4v) is 0.660. The minimum absolute atomic E-state index is 0.416. The first-order valence-electron chi connectivity index (χ1n) is 4.45. The largest absolute Gasteiger partial charge is 0.479 e. The monoisotopic (exact) mass is 241 g/mol. The zero-order chi connectivity index (χ0) is 13.4. The smallest absolute Gasteiger partial charge is 0.422 e. The van der Waals surface area contributed by atoms with Crippen LogP contribution >= 0.6 is 0 Å². The molecule has 0 fully saturated rings. The average molecular weight is 241 g/mol. The van der Waals surface area contributed by atoms with E-state index in [0.717, 1.165) is 0 Å². The first-order valence-corrected chi connectivity index (χ1v) is 4.45. The summed E-state index contributed by atoms with van der Waals surface area (Å²) in [5.41, 5.74) is -4.36. The van der Waals surface area contributed by atoms with Gasteiger partial charge in [-0.3, -0.25) is 4.79 Å². The Kier molecular flexibility index (Phi) is 3.64. The van der Waals surface area contributed by atoms with E-state index in [1.807, 2.05) is 0 Å². The topological polar surface area (TPSA) is 66.4 Å². The summed E-state index contributed by atoms with van der Waals surface area (Å²) in [5.74, 6) is -3.12. The van der Waals surface area contributed by atoms with Gasteiger partial charge < -0.3 is 10.4 Å². The third-order valence-corrected chi connectivity index (χ3v) is 2.04. The molecule has 0 radical (unpaired) electrons. The standard InChI is InChI=1S/C9H14F3NO3/c1-7(2,3)5(14)13-8(4,6(15)16)9(10,11)12/h1-4H3,(H,13,14)(H,15,16). The summed E-state index contributed by atoms with van der Waals surface area (Å²) in [7, 11) is 0. The second-order valence-corrected chi connectivity index (χ2v) is 4.63. The van der Waals surface area contributed by atoms with Crippen LogP contribution in [0.5, 0.6) is 0 Å². The van der Waals surface area contributed by atoms with Crippen molar-refractivity contribution in [2.24, 2.45) is 5.41 Å². The molecule has 0 saturated carbocycles. The van der Waals surface area contributed by atoms with Crippen LogP contribution in [0.2, 0.25) is 0 Å². The van der Waals surface area contributed by atoms with E-state index in [9.17, 15) is 22.8 Å². The van der Waals surface area contributed by atoms with Crippen molar-refractivity contribution in [2.75, 3.05) is 0 Å². The van der Waals surface area contributed by atoms with Crippen molar-refractivity contribution < 1.29 is 27.9 Å². The van der Waals surface area contributed by atoms with Gasteiger partial charge in [0.15, 0.2) is 0 Å². The zero-order valence-electron chi connectivity index (χ0n) is 9.40. The zero-order valence-corrected chi connectivity index (χ0v) is 9.40. The number of aliphatic carboxylic acids is 1. The summed E-state index contributed by atoms with van der Waals surface area (Å²) in [5, 5.41) is 10.1. The van der Waals surface area contributed by atoms with Gasteiger partial charge in [-0.2, -0.15) is 13.2 Å². The van der Waals surface area contributed by atoms with E-state index < -0.39 is 29.0 Å². The quantitative estimate of drug-likeness (QED) is 0.770. The molecule has 0 rings (SSSR count). The lowest BCUT2D eigenvalue weighted by Gasteiger charge is -2.31. The molecule has 0 heterocycles. The van der Waals surface area contributed by atoms with Crippen LogP contribution in [0.4, 0.5) is 13.2 Å². The van der Waals surface area contributed by atoms with Gasteiger partial charge in [0.05, 0.1) is 0 Å². The molecule has 0 aliphatic rings. The highest BCUT2D eigenvalue weighted by molar-refractivity contribution is 5.89. The summed E-state index contributed by atoms with van der Waals surface area (Å²) >= 11 is 0. The maximum atomic E-state index is 12.5. The van der Waals surface area contributed by atoms with Gasteiger partial charge in [-0.05, 0) is 6.92 Å². The van der Waals surface area contributed by atoms with E-state index in [2.05, 4.69) is 0 Å². The van der Waals surface area contributed by atoms with Crippen molar-refractivity contribution in [3.63, 3.8) is 0 Å². The molecule has 0 aromatic carbocycles. The summed E-state index contributed by atoms with van der Waals surface area (Å²) in [6.07, 6.45) is -5.06. The molecular weight excluding hydrogens is 227 g/mol. The molecule has 7 heteroatoms. The Morgan fingerprint density at radius 2 is 1.44 bits per heavy atom. The molecule has 16 heavy (non-hydrogen) atoms. The second kappa shape index (κ2) is 3.95. The highest BCUT2D eigenvalue weighted by atomic mass is 19.4. The Balaban J connectivity index is 5.15.